The van der Waals surface area contributed by atoms with Crippen molar-refractivity contribution in [3.05, 3.63) is 40.5 Å². The van der Waals surface area contributed by atoms with Crippen LogP contribution in [0.4, 0.5) is 0 Å². The van der Waals surface area contributed by atoms with Gasteiger partial charge in [-0.25, -0.2) is 13.1 Å². The normalized spacial score (nSPS) is 18.1. The third-order valence-electron chi connectivity index (χ3n) is 4.80. The van der Waals surface area contributed by atoms with E-state index in [2.05, 4.69) is 25.1 Å². The van der Waals surface area contributed by atoms with Crippen LogP contribution in [0.1, 0.15) is 34.4 Å². The molecule has 8 nitrogen and oxygen atoms in total. The second-order valence-corrected chi connectivity index (χ2v) is 8.83. The number of sulfonamides is 1. The maximum Gasteiger partial charge on any atom is 0.241 e. The standard InChI is InChI=1S/C18H27N5O3S.ClH/c1-12-9-13(2)17(14(3)10-12)27(24,25)20-6-5-16-21-18(22-26-16)15-11-19-7-8-23(15)4;/h9-10,15,19-20H,5-8,11H2,1-4H3;1H. The molecule has 0 bridgehead atoms. The van der Waals surface area contributed by atoms with Gasteiger partial charge in [-0.1, -0.05) is 22.9 Å². The van der Waals surface area contributed by atoms with E-state index in [-0.39, 0.29) is 25.0 Å². The average Bonchev–Trinajstić information content (AvgIpc) is 3.02. The average molecular weight is 430 g/mol. The summed E-state index contributed by atoms with van der Waals surface area (Å²) < 4.78 is 33.3. The summed E-state index contributed by atoms with van der Waals surface area (Å²) in [6, 6.07) is 3.83. The van der Waals surface area contributed by atoms with Crippen molar-refractivity contribution in [3.63, 3.8) is 0 Å². The summed E-state index contributed by atoms with van der Waals surface area (Å²) in [4.78, 5) is 6.95. The summed E-state index contributed by atoms with van der Waals surface area (Å²) in [6.07, 6.45) is 0.347. The Kier molecular flexibility index (Phi) is 7.58. The molecule has 1 aromatic heterocycles. The van der Waals surface area contributed by atoms with E-state index in [1.165, 1.54) is 0 Å². The Morgan fingerprint density at radius 1 is 1.29 bits per heavy atom. The molecule has 10 heteroatoms. The Balaban J connectivity index is 0.00000280. The van der Waals surface area contributed by atoms with Crippen LogP contribution in [0.5, 0.6) is 0 Å². The quantitative estimate of drug-likeness (QED) is 0.717. The van der Waals surface area contributed by atoms with Crippen molar-refractivity contribution in [2.45, 2.75) is 38.1 Å². The molecule has 1 saturated heterocycles. The molecule has 2 aromatic rings. The molecule has 0 aliphatic carbocycles. The van der Waals surface area contributed by atoms with Gasteiger partial charge in [-0.05, 0) is 38.9 Å². The molecule has 0 spiro atoms. The first-order valence-electron chi connectivity index (χ1n) is 9.09. The third-order valence-corrected chi connectivity index (χ3v) is 6.56. The number of halogens is 1. The van der Waals surface area contributed by atoms with Crippen molar-refractivity contribution in [2.24, 2.45) is 0 Å². The van der Waals surface area contributed by atoms with Crippen LogP contribution >= 0.6 is 12.4 Å². The molecule has 2 N–H and O–H groups in total. The minimum absolute atomic E-state index is 0. The Labute approximate surface area is 172 Å². The van der Waals surface area contributed by atoms with E-state index >= 15 is 0 Å². The number of nitrogens with one attached hydrogen (secondary N) is 2. The molecule has 2 heterocycles. The first-order valence-corrected chi connectivity index (χ1v) is 10.6. The number of benzene rings is 1. The zero-order valence-electron chi connectivity index (χ0n) is 16.7. The van der Waals surface area contributed by atoms with Gasteiger partial charge < -0.3 is 9.84 Å². The van der Waals surface area contributed by atoms with Crippen molar-refractivity contribution in [1.82, 2.24) is 25.1 Å². The van der Waals surface area contributed by atoms with Crippen LogP contribution in [0, 0.1) is 20.8 Å². The highest BCUT2D eigenvalue weighted by molar-refractivity contribution is 7.89. The third kappa shape index (κ3) is 5.09. The molecule has 0 saturated carbocycles. The van der Waals surface area contributed by atoms with E-state index in [1.807, 2.05) is 40.0 Å². The van der Waals surface area contributed by atoms with E-state index in [0.29, 0.717) is 23.0 Å². The van der Waals surface area contributed by atoms with Crippen LogP contribution < -0.4 is 10.0 Å². The lowest BCUT2D eigenvalue weighted by molar-refractivity contribution is 0.190. The largest absolute Gasteiger partial charge is 0.339 e. The van der Waals surface area contributed by atoms with Crippen molar-refractivity contribution < 1.29 is 12.9 Å². The molecule has 1 atom stereocenters. The lowest BCUT2D eigenvalue weighted by Gasteiger charge is -2.30. The highest BCUT2D eigenvalue weighted by atomic mass is 35.5. The Hall–Kier alpha value is -1.52. The number of hydrogen-bond donors (Lipinski definition) is 2. The molecular weight excluding hydrogens is 402 g/mol. The van der Waals surface area contributed by atoms with E-state index in [0.717, 1.165) is 36.3 Å². The molecule has 1 aromatic carbocycles. The molecule has 0 amide bonds. The SMILES string of the molecule is Cc1cc(C)c(S(=O)(=O)NCCc2nc(C3CNCCN3C)no2)c(C)c1.Cl. The van der Waals surface area contributed by atoms with E-state index in [1.54, 1.807) is 0 Å². The smallest absolute Gasteiger partial charge is 0.241 e. The summed E-state index contributed by atoms with van der Waals surface area (Å²) in [7, 11) is -1.56. The second kappa shape index (κ2) is 9.32. The molecule has 156 valence electrons. The van der Waals surface area contributed by atoms with Crippen LogP contribution in [-0.2, 0) is 16.4 Å². The molecule has 28 heavy (non-hydrogen) atoms. The van der Waals surface area contributed by atoms with Crippen LogP contribution in [0.2, 0.25) is 0 Å². The van der Waals surface area contributed by atoms with Crippen molar-refractivity contribution in [3.8, 4) is 0 Å². The highest BCUT2D eigenvalue weighted by Crippen LogP contribution is 2.21. The number of likely N-dealkylation sites (N-methyl/N-ethyl adjacent to an activating group) is 1. The van der Waals surface area contributed by atoms with Crippen LogP contribution in [0.15, 0.2) is 21.6 Å². The van der Waals surface area contributed by atoms with Gasteiger partial charge in [0.2, 0.25) is 15.9 Å². The topological polar surface area (TPSA) is 100 Å². The monoisotopic (exact) mass is 429 g/mol. The number of aromatic nitrogens is 2. The van der Waals surface area contributed by atoms with Gasteiger partial charge in [-0.2, -0.15) is 4.98 Å². The maximum atomic E-state index is 12.7. The van der Waals surface area contributed by atoms with E-state index in [4.69, 9.17) is 4.52 Å². The number of hydrogen-bond acceptors (Lipinski definition) is 7. The minimum Gasteiger partial charge on any atom is -0.339 e. The van der Waals surface area contributed by atoms with E-state index < -0.39 is 10.0 Å². The number of piperazine rings is 1. The van der Waals surface area contributed by atoms with E-state index in [9.17, 15) is 8.42 Å². The molecule has 3 rings (SSSR count). The maximum absolute atomic E-state index is 12.7. The Bertz CT molecular complexity index is 893. The molecule has 1 aliphatic heterocycles. The molecule has 1 fully saturated rings. The van der Waals surface area contributed by atoms with Gasteiger partial charge in [0.15, 0.2) is 5.82 Å². The number of aryl methyl sites for hydroxylation is 3. The molecule has 1 unspecified atom stereocenters. The zero-order valence-corrected chi connectivity index (χ0v) is 18.3. The van der Waals surface area contributed by atoms with Crippen molar-refractivity contribution in [1.29, 1.82) is 0 Å². The summed E-state index contributed by atoms with van der Waals surface area (Å²) >= 11 is 0. The summed E-state index contributed by atoms with van der Waals surface area (Å²) in [6.45, 7) is 8.42. The van der Waals surface area contributed by atoms with Crippen LogP contribution in [-0.4, -0.2) is 56.7 Å². The van der Waals surface area contributed by atoms with Gasteiger partial charge in [-0.15, -0.1) is 12.4 Å². The van der Waals surface area contributed by atoms with Crippen molar-refractivity contribution >= 4 is 22.4 Å². The van der Waals surface area contributed by atoms with Gasteiger partial charge in [0.25, 0.3) is 0 Å². The number of rotatable bonds is 6. The molecular formula is C18H28ClN5O3S. The van der Waals surface area contributed by atoms with Gasteiger partial charge in [0.05, 0.1) is 10.9 Å². The Morgan fingerprint density at radius 3 is 2.61 bits per heavy atom. The number of nitrogens with zero attached hydrogens (tertiary/aromatic N) is 3. The first-order chi connectivity index (χ1) is 12.8. The summed E-state index contributed by atoms with van der Waals surface area (Å²) in [5, 5.41) is 7.37. The molecule has 1 aliphatic rings. The van der Waals surface area contributed by atoms with Crippen LogP contribution in [0.25, 0.3) is 0 Å². The van der Waals surface area contributed by atoms with Crippen molar-refractivity contribution in [2.75, 3.05) is 33.2 Å². The minimum atomic E-state index is -3.59. The second-order valence-electron chi connectivity index (χ2n) is 7.12. The van der Waals surface area contributed by atoms with Gasteiger partial charge in [0.1, 0.15) is 0 Å². The van der Waals surface area contributed by atoms with Crippen LogP contribution in [0.3, 0.4) is 0 Å². The lowest BCUT2D eigenvalue weighted by atomic mass is 10.1. The van der Waals surface area contributed by atoms with Gasteiger partial charge in [-0.3, -0.25) is 4.90 Å². The zero-order chi connectivity index (χ0) is 19.6. The predicted molar refractivity (Wildman–Crippen MR) is 109 cm³/mol. The lowest BCUT2D eigenvalue weighted by Crippen LogP contribution is -2.44. The van der Waals surface area contributed by atoms with Gasteiger partial charge in [0, 0.05) is 32.6 Å². The fourth-order valence-electron chi connectivity index (χ4n) is 3.55. The fourth-order valence-corrected chi connectivity index (χ4v) is 5.04. The summed E-state index contributed by atoms with van der Waals surface area (Å²) in [5.74, 6) is 1.07. The van der Waals surface area contributed by atoms with Gasteiger partial charge >= 0.3 is 0 Å². The Morgan fingerprint density at radius 2 is 1.96 bits per heavy atom. The predicted octanol–water partition coefficient (Wildman–Crippen LogP) is 1.51. The fraction of sp³-hybridized carbons (Fsp3) is 0.556. The highest BCUT2D eigenvalue weighted by Gasteiger charge is 2.25. The molecule has 0 radical (unpaired) electrons. The summed E-state index contributed by atoms with van der Waals surface area (Å²) in [5.41, 5.74) is 2.53. The first kappa shape index (κ1) is 22.8.